The summed E-state index contributed by atoms with van der Waals surface area (Å²) in [5.74, 6) is 0. The van der Waals surface area contributed by atoms with E-state index in [4.69, 9.17) is 0 Å². The molecule has 5 heteroatoms. The summed E-state index contributed by atoms with van der Waals surface area (Å²) in [7, 11) is 0. The van der Waals surface area contributed by atoms with E-state index in [0.717, 1.165) is 6.42 Å². The number of benzene rings is 7. The maximum absolute atomic E-state index is 2.93. The average molecular weight is 920 g/mol. The summed E-state index contributed by atoms with van der Waals surface area (Å²) < 4.78 is 2.67. The number of rotatable bonds is 4. The highest BCUT2D eigenvalue weighted by atomic mass is 32.1. The van der Waals surface area contributed by atoms with Gasteiger partial charge in [0.05, 0.1) is 5.54 Å². The smallest absolute Gasteiger partial charge is 0.333 e. The summed E-state index contributed by atoms with van der Waals surface area (Å²) in [5, 5.41) is 2.70. The van der Waals surface area contributed by atoms with Gasteiger partial charge in [-0.3, -0.25) is 0 Å². The first kappa shape index (κ1) is 43.3. The van der Waals surface area contributed by atoms with Gasteiger partial charge in [-0.05, 0) is 161 Å². The number of thiophene rings is 1. The summed E-state index contributed by atoms with van der Waals surface area (Å²) in [4.78, 5) is 8.37. The Morgan fingerprint density at radius 3 is 2.04 bits per heavy atom. The number of aryl methyl sites for hydroxylation is 2. The van der Waals surface area contributed by atoms with E-state index in [1.807, 2.05) is 11.3 Å². The summed E-state index contributed by atoms with van der Waals surface area (Å²) in [6, 6.07) is 50.3. The summed E-state index contributed by atoms with van der Waals surface area (Å²) >= 11 is 1.93. The summed E-state index contributed by atoms with van der Waals surface area (Å²) in [6.07, 6.45) is 7.21. The van der Waals surface area contributed by atoms with Crippen LogP contribution in [0.2, 0.25) is 0 Å². The molecule has 3 nitrogen and oxygen atoms in total. The van der Waals surface area contributed by atoms with Gasteiger partial charge in [-0.25, -0.2) is 0 Å². The lowest BCUT2D eigenvalue weighted by atomic mass is 9.43. The highest BCUT2D eigenvalue weighted by Gasteiger charge is 2.62. The van der Waals surface area contributed by atoms with E-state index in [0.29, 0.717) is 0 Å². The molecule has 13 rings (SSSR count). The molecule has 0 saturated heterocycles. The maximum atomic E-state index is 2.93. The lowest BCUT2D eigenvalue weighted by molar-refractivity contribution is 0.195. The molecule has 0 bridgehead atoms. The van der Waals surface area contributed by atoms with Crippen molar-refractivity contribution in [2.45, 2.75) is 142 Å². The molecule has 69 heavy (non-hydrogen) atoms. The Balaban J connectivity index is 1.20. The minimum atomic E-state index is -0.119. The van der Waals surface area contributed by atoms with E-state index < -0.39 is 0 Å². The summed E-state index contributed by atoms with van der Waals surface area (Å²) in [6.45, 7) is 27.0. The third-order valence-corrected chi connectivity index (χ3v) is 19.5. The van der Waals surface area contributed by atoms with Gasteiger partial charge in [0, 0.05) is 71.0 Å². The van der Waals surface area contributed by atoms with Crippen molar-refractivity contribution in [3.63, 3.8) is 0 Å². The van der Waals surface area contributed by atoms with Crippen LogP contribution in [0.4, 0.5) is 39.8 Å². The fourth-order valence-electron chi connectivity index (χ4n) is 14.2. The van der Waals surface area contributed by atoms with E-state index in [1.165, 1.54) is 142 Å². The second-order valence-corrected chi connectivity index (χ2v) is 25.5. The number of para-hydroxylation sites is 2. The van der Waals surface area contributed by atoms with Gasteiger partial charge in [-0.1, -0.05) is 147 Å². The normalized spacial score (nSPS) is 21.5. The molecule has 0 radical (unpaired) electrons. The lowest BCUT2D eigenvalue weighted by Gasteiger charge is -2.53. The monoisotopic (exact) mass is 920 g/mol. The van der Waals surface area contributed by atoms with E-state index in [1.54, 1.807) is 5.56 Å². The Hall–Kier alpha value is -5.78. The molecule has 0 amide bonds. The first-order valence-electron chi connectivity index (χ1n) is 25.9. The van der Waals surface area contributed by atoms with E-state index >= 15 is 0 Å². The number of nitrogens with zero attached hydrogens (tertiary/aromatic N) is 3. The molecule has 1 aromatic heterocycles. The highest BCUT2D eigenvalue weighted by Crippen LogP contribution is 2.64. The molecule has 4 heterocycles. The van der Waals surface area contributed by atoms with E-state index in [2.05, 4.69) is 218 Å². The Morgan fingerprint density at radius 1 is 0.594 bits per heavy atom. The Kier molecular flexibility index (Phi) is 9.03. The molecule has 7 aromatic carbocycles. The molecule has 2 atom stereocenters. The van der Waals surface area contributed by atoms with Crippen molar-refractivity contribution in [3.8, 4) is 11.1 Å². The number of fused-ring (bicyclic) bond motifs is 12. The molecule has 2 aliphatic carbocycles. The van der Waals surface area contributed by atoms with Crippen molar-refractivity contribution >= 4 is 89.1 Å². The van der Waals surface area contributed by atoms with Crippen molar-refractivity contribution in [3.05, 3.63) is 161 Å². The Bertz CT molecular complexity index is 3480. The fraction of sp³-hybridized carbons (Fsp3) is 0.344. The summed E-state index contributed by atoms with van der Waals surface area (Å²) in [5.41, 5.74) is 23.3. The predicted octanol–water partition coefficient (Wildman–Crippen LogP) is 16.8. The SMILES string of the molecule is Cc1ccccc1N(c1cc2c3c(c1)N1c4c(cc(C(C)(C)C)cc4C4(C)CCCCC14C)B3N(c1ccccc1)c1c-2ccc2sc3ccccc3c12)c1cc2c(cc1C)C(C)(C)CCC2(C)C. The minimum Gasteiger partial charge on any atom is -0.376 e. The molecule has 2 unspecified atom stereocenters. The molecule has 1 fully saturated rings. The lowest BCUT2D eigenvalue weighted by Crippen LogP contribution is -2.64. The van der Waals surface area contributed by atoms with Gasteiger partial charge in [0.15, 0.2) is 0 Å². The molecule has 1 saturated carbocycles. The zero-order valence-electron chi connectivity index (χ0n) is 42.7. The zero-order chi connectivity index (χ0) is 47.7. The molecular formula is C64H66BN3S. The van der Waals surface area contributed by atoms with Gasteiger partial charge in [0.1, 0.15) is 0 Å². The van der Waals surface area contributed by atoms with Crippen LogP contribution in [0, 0.1) is 13.8 Å². The Morgan fingerprint density at radius 2 is 1.29 bits per heavy atom. The van der Waals surface area contributed by atoms with Gasteiger partial charge < -0.3 is 14.6 Å². The van der Waals surface area contributed by atoms with Crippen molar-refractivity contribution in [2.75, 3.05) is 14.6 Å². The molecule has 3 aliphatic heterocycles. The largest absolute Gasteiger partial charge is 0.376 e. The second-order valence-electron chi connectivity index (χ2n) is 24.4. The number of hydrogen-bond acceptors (Lipinski definition) is 4. The topological polar surface area (TPSA) is 9.72 Å². The second kappa shape index (κ2) is 14.4. The molecular weight excluding hydrogens is 854 g/mol. The van der Waals surface area contributed by atoms with Crippen LogP contribution in [0.15, 0.2) is 127 Å². The maximum Gasteiger partial charge on any atom is 0.333 e. The van der Waals surface area contributed by atoms with Crippen LogP contribution in [0.5, 0.6) is 0 Å². The van der Waals surface area contributed by atoms with Gasteiger partial charge in [0.25, 0.3) is 0 Å². The average Bonchev–Trinajstić information content (AvgIpc) is 3.81. The van der Waals surface area contributed by atoms with Crippen LogP contribution in [0.3, 0.4) is 0 Å². The van der Waals surface area contributed by atoms with Crippen molar-refractivity contribution < 1.29 is 0 Å². The Labute approximate surface area is 415 Å². The zero-order valence-corrected chi connectivity index (χ0v) is 43.5. The van der Waals surface area contributed by atoms with Gasteiger partial charge >= 0.3 is 6.85 Å². The molecule has 8 aromatic rings. The van der Waals surface area contributed by atoms with Crippen LogP contribution in [-0.2, 0) is 21.7 Å². The van der Waals surface area contributed by atoms with Gasteiger partial charge in [-0.2, -0.15) is 0 Å². The van der Waals surface area contributed by atoms with Crippen LogP contribution in [0.25, 0.3) is 31.3 Å². The molecule has 346 valence electrons. The third-order valence-electron chi connectivity index (χ3n) is 18.4. The highest BCUT2D eigenvalue weighted by molar-refractivity contribution is 7.26. The first-order chi connectivity index (χ1) is 32.9. The standard InChI is InChI=1S/C64H66BN3S/c1-39-21-15-17-25-51(39)66(52-38-48-47(33-40(52)2)61(6,7)31-32-62(48,8)9)43-36-46-44-27-28-55-56(45-24-16-18-26-54(45)69-55)58(44)68(42-22-13-12-14-23-42)65-50-35-41(60(3,4)5)34-49-59(50)67(53(37-43)57(46)65)64(11)30-20-19-29-63(49,64)10/h12-18,21-28,33-38H,19-20,29-32H2,1-11H3. The third kappa shape index (κ3) is 5.86. The van der Waals surface area contributed by atoms with Gasteiger partial charge in [0.2, 0.25) is 0 Å². The minimum absolute atomic E-state index is 0.0289. The molecule has 0 N–H and O–H groups in total. The molecule has 0 spiro atoms. The van der Waals surface area contributed by atoms with Crippen molar-refractivity contribution in [1.29, 1.82) is 0 Å². The van der Waals surface area contributed by atoms with Gasteiger partial charge in [-0.15, -0.1) is 11.3 Å². The number of hydrogen-bond donors (Lipinski definition) is 0. The first-order valence-corrected chi connectivity index (χ1v) is 26.7. The number of anilines is 7. The predicted molar refractivity (Wildman–Crippen MR) is 299 cm³/mol. The van der Waals surface area contributed by atoms with Crippen LogP contribution in [-0.4, -0.2) is 12.4 Å². The van der Waals surface area contributed by atoms with Crippen molar-refractivity contribution in [2.24, 2.45) is 0 Å². The van der Waals surface area contributed by atoms with E-state index in [9.17, 15) is 0 Å². The van der Waals surface area contributed by atoms with Crippen LogP contribution in [0.1, 0.15) is 134 Å². The van der Waals surface area contributed by atoms with Crippen LogP contribution >= 0.6 is 11.3 Å². The van der Waals surface area contributed by atoms with E-state index in [-0.39, 0.29) is 34.0 Å². The van der Waals surface area contributed by atoms with Crippen LogP contribution < -0.4 is 25.5 Å². The quantitative estimate of drug-likeness (QED) is 0.163. The molecule has 5 aliphatic rings. The van der Waals surface area contributed by atoms with Crippen molar-refractivity contribution in [1.82, 2.24) is 0 Å². The fourth-order valence-corrected chi connectivity index (χ4v) is 15.3.